The van der Waals surface area contributed by atoms with Crippen LogP contribution in [0.3, 0.4) is 0 Å². The Hall–Kier alpha value is 0.984. The molecule has 0 aromatic heterocycles. The van der Waals surface area contributed by atoms with Gasteiger partial charge >= 0.3 is 0 Å². The zero-order valence-corrected chi connectivity index (χ0v) is 11.4. The van der Waals surface area contributed by atoms with Crippen molar-refractivity contribution < 1.29 is 28.4 Å². The smallest absolute Gasteiger partial charge is 0.155 e. The molecule has 0 amide bonds. The van der Waals surface area contributed by atoms with Crippen LogP contribution in [0.15, 0.2) is 0 Å². The molecule has 79 valence electrons. The van der Waals surface area contributed by atoms with Crippen LogP contribution in [0, 0.1) is 0 Å². The zero-order chi connectivity index (χ0) is 9.46. The van der Waals surface area contributed by atoms with Gasteiger partial charge in [0.2, 0.25) is 0 Å². The zero-order valence-electron chi connectivity index (χ0n) is 6.19. The molecule has 0 atom stereocenters. The molecule has 1 N–H and O–H groups in total. The van der Waals surface area contributed by atoms with Crippen LogP contribution in [0.5, 0.6) is 5.75 Å². The first-order valence-corrected chi connectivity index (χ1v) is 4.56. The minimum atomic E-state index is -0.363. The standard InChI is InChI=1S/C6HCl5O.FH.V/c7-1-2(8)4(10)6(12)5(11)3(1)9;;/h12H;1H;. The van der Waals surface area contributed by atoms with Crippen molar-refractivity contribution in [3.63, 3.8) is 0 Å². The first kappa shape index (κ1) is 17.4. The quantitative estimate of drug-likeness (QED) is 0.532. The third-order valence-corrected chi connectivity index (χ3v) is 3.44. The van der Waals surface area contributed by atoms with Gasteiger partial charge in [0.1, 0.15) is 10.0 Å². The Labute approximate surface area is 116 Å². The molecule has 8 heteroatoms. The number of benzene rings is 1. The fourth-order valence-electron chi connectivity index (χ4n) is 0.593. The molecule has 1 radical (unpaired) electrons. The van der Waals surface area contributed by atoms with Crippen LogP contribution in [-0.2, 0) is 18.6 Å². The summed E-state index contributed by atoms with van der Waals surface area (Å²) in [4.78, 5) is 0. The van der Waals surface area contributed by atoms with Crippen LogP contribution in [0.2, 0.25) is 25.1 Å². The fourth-order valence-corrected chi connectivity index (χ4v) is 1.72. The summed E-state index contributed by atoms with van der Waals surface area (Å²) >= 11 is 27.9. The Morgan fingerprint density at radius 1 is 0.643 bits per heavy atom. The van der Waals surface area contributed by atoms with Crippen molar-refractivity contribution in [3.05, 3.63) is 25.1 Å². The van der Waals surface area contributed by atoms with Gasteiger partial charge in [-0.2, -0.15) is 0 Å². The van der Waals surface area contributed by atoms with Gasteiger partial charge in [-0.05, 0) is 0 Å². The maximum Gasteiger partial charge on any atom is 0.155 e. The van der Waals surface area contributed by atoms with E-state index in [1.54, 1.807) is 0 Å². The maximum atomic E-state index is 9.20. The molecule has 0 saturated heterocycles. The van der Waals surface area contributed by atoms with Crippen LogP contribution in [-0.4, -0.2) is 5.11 Å². The van der Waals surface area contributed by atoms with E-state index in [1.165, 1.54) is 0 Å². The number of hydrogen-bond donors (Lipinski definition) is 1. The van der Waals surface area contributed by atoms with Crippen LogP contribution in [0.25, 0.3) is 0 Å². The second kappa shape index (κ2) is 6.54. The molecule has 0 heterocycles. The van der Waals surface area contributed by atoms with E-state index in [-0.39, 0.29) is 54.1 Å². The minimum Gasteiger partial charge on any atom is -0.505 e. The number of aromatic hydroxyl groups is 1. The normalized spacial score (nSPS) is 8.93. The molecule has 0 unspecified atom stereocenters. The van der Waals surface area contributed by atoms with Crippen molar-refractivity contribution >= 4 is 58.0 Å². The van der Waals surface area contributed by atoms with E-state index >= 15 is 0 Å². The molecule has 0 spiro atoms. The monoisotopic (exact) mass is 335 g/mol. The van der Waals surface area contributed by atoms with Crippen molar-refractivity contribution in [1.29, 1.82) is 0 Å². The topological polar surface area (TPSA) is 20.2 Å². The van der Waals surface area contributed by atoms with E-state index in [1.807, 2.05) is 0 Å². The third-order valence-electron chi connectivity index (χ3n) is 1.19. The van der Waals surface area contributed by atoms with Crippen LogP contribution < -0.4 is 0 Å². The van der Waals surface area contributed by atoms with E-state index < -0.39 is 0 Å². The summed E-state index contributed by atoms with van der Waals surface area (Å²) in [6, 6.07) is 0. The maximum absolute atomic E-state index is 9.20. The molecule has 14 heavy (non-hydrogen) atoms. The number of halogens is 6. The average molecular weight is 337 g/mol. The Morgan fingerprint density at radius 3 is 1.14 bits per heavy atom. The van der Waals surface area contributed by atoms with Gasteiger partial charge in [0, 0.05) is 18.6 Å². The van der Waals surface area contributed by atoms with Crippen molar-refractivity contribution in [1.82, 2.24) is 0 Å². The molecule has 0 fully saturated rings. The molecule has 0 aliphatic heterocycles. The van der Waals surface area contributed by atoms with Crippen molar-refractivity contribution in [2.24, 2.45) is 0 Å². The number of rotatable bonds is 0. The van der Waals surface area contributed by atoms with Gasteiger partial charge < -0.3 is 5.11 Å². The van der Waals surface area contributed by atoms with E-state index in [2.05, 4.69) is 0 Å². The molecule has 0 saturated carbocycles. The van der Waals surface area contributed by atoms with E-state index in [9.17, 15) is 5.11 Å². The van der Waals surface area contributed by atoms with Gasteiger partial charge in [-0.3, -0.25) is 4.70 Å². The van der Waals surface area contributed by atoms with Crippen LogP contribution in [0.1, 0.15) is 0 Å². The Kier molecular flexibility index (Phi) is 8.12. The molecule has 0 bridgehead atoms. The summed E-state index contributed by atoms with van der Waals surface area (Å²) < 4.78 is 0. The number of hydrogen-bond acceptors (Lipinski definition) is 1. The Balaban J connectivity index is 0. The Morgan fingerprint density at radius 2 is 0.857 bits per heavy atom. The predicted octanol–water partition coefficient (Wildman–Crippen LogP) is 4.81. The van der Waals surface area contributed by atoms with Gasteiger partial charge in [-0.1, -0.05) is 58.0 Å². The van der Waals surface area contributed by atoms with Gasteiger partial charge in [-0.15, -0.1) is 0 Å². The van der Waals surface area contributed by atoms with Gasteiger partial charge in [-0.25, -0.2) is 0 Å². The van der Waals surface area contributed by atoms with E-state index in [0.29, 0.717) is 0 Å². The van der Waals surface area contributed by atoms with Crippen LogP contribution in [0.4, 0.5) is 4.70 Å². The summed E-state index contributed by atoms with van der Waals surface area (Å²) in [5, 5.41) is 9.01. The van der Waals surface area contributed by atoms with Gasteiger partial charge in [0.15, 0.2) is 5.75 Å². The van der Waals surface area contributed by atoms with Gasteiger partial charge in [0.05, 0.1) is 15.1 Å². The summed E-state index contributed by atoms with van der Waals surface area (Å²) in [5.74, 6) is -0.363. The number of phenols is 1. The molecular weight excluding hydrogens is 335 g/mol. The fraction of sp³-hybridized carbons (Fsp3) is 0. The van der Waals surface area contributed by atoms with Crippen molar-refractivity contribution in [3.8, 4) is 5.75 Å². The molecule has 0 aliphatic rings. The van der Waals surface area contributed by atoms with Gasteiger partial charge in [0.25, 0.3) is 0 Å². The largest absolute Gasteiger partial charge is 0.505 e. The second-order valence-electron chi connectivity index (χ2n) is 1.92. The molecule has 0 aliphatic carbocycles. The summed E-state index contributed by atoms with van der Waals surface area (Å²) in [6.07, 6.45) is 0. The number of phenolic OH excluding ortho intramolecular Hbond substituents is 1. The van der Waals surface area contributed by atoms with Crippen molar-refractivity contribution in [2.45, 2.75) is 0 Å². The third kappa shape index (κ3) is 2.99. The summed E-state index contributed by atoms with van der Waals surface area (Å²) in [7, 11) is 0. The SMILES string of the molecule is F.Oc1c(Cl)c(Cl)c(Cl)c(Cl)c1Cl.[V]. The average Bonchev–Trinajstić information content (AvgIpc) is 2.08. The second-order valence-corrected chi connectivity index (χ2v) is 3.81. The first-order valence-electron chi connectivity index (χ1n) is 2.67. The molecule has 1 aromatic carbocycles. The molecule has 1 rings (SSSR count). The Bertz CT molecular complexity index is 240. The molecule has 1 nitrogen and oxygen atoms in total. The van der Waals surface area contributed by atoms with Crippen molar-refractivity contribution in [2.75, 3.05) is 0 Å². The van der Waals surface area contributed by atoms with E-state index in [0.717, 1.165) is 0 Å². The summed E-state index contributed by atoms with van der Waals surface area (Å²) in [5.41, 5.74) is 0. The summed E-state index contributed by atoms with van der Waals surface area (Å²) in [6.45, 7) is 0. The first-order chi connectivity index (χ1) is 5.46. The minimum absolute atomic E-state index is 0. The van der Waals surface area contributed by atoms with Crippen LogP contribution >= 0.6 is 58.0 Å². The van der Waals surface area contributed by atoms with E-state index in [4.69, 9.17) is 58.0 Å². The molecule has 1 aromatic rings. The molecular formula is C6H2Cl5FOV. The predicted molar refractivity (Wildman–Crippen MR) is 55.7 cm³/mol.